The smallest absolute Gasteiger partial charge is 0.161 e. The van der Waals surface area contributed by atoms with Crippen LogP contribution in [-0.2, 0) is 24.5 Å². The van der Waals surface area contributed by atoms with E-state index in [-0.39, 0.29) is 0 Å². The number of thiazole rings is 1. The highest BCUT2D eigenvalue weighted by Crippen LogP contribution is 2.27. The van der Waals surface area contributed by atoms with Crippen molar-refractivity contribution in [2.45, 2.75) is 19.8 Å². The molecule has 1 aromatic heterocycles. The lowest BCUT2D eigenvalue weighted by atomic mass is 10.3. The number of benzene rings is 1. The van der Waals surface area contributed by atoms with Crippen LogP contribution in [0.5, 0.6) is 11.5 Å². The minimum atomic E-state index is 0.391. The maximum Gasteiger partial charge on any atom is 0.161 e. The van der Waals surface area contributed by atoms with Crippen molar-refractivity contribution in [3.63, 3.8) is 0 Å². The van der Waals surface area contributed by atoms with Crippen LogP contribution in [0.25, 0.3) is 0 Å². The van der Waals surface area contributed by atoms with Crippen molar-refractivity contribution in [3.05, 3.63) is 39.8 Å². The van der Waals surface area contributed by atoms with Crippen molar-refractivity contribution in [2.75, 3.05) is 14.2 Å². The maximum absolute atomic E-state index is 5.75. The second-order valence-corrected chi connectivity index (χ2v) is 5.22. The lowest BCUT2D eigenvalue weighted by Gasteiger charge is -2.08. The van der Waals surface area contributed by atoms with E-state index in [2.05, 4.69) is 4.98 Å². The molecule has 0 aliphatic rings. The summed E-state index contributed by atoms with van der Waals surface area (Å²) in [5, 5.41) is 0.878. The minimum absolute atomic E-state index is 0.391. The summed E-state index contributed by atoms with van der Waals surface area (Å²) >= 11 is 1.55. The number of aromatic nitrogens is 1. The lowest BCUT2D eigenvalue weighted by molar-refractivity contribution is 0.181. The summed E-state index contributed by atoms with van der Waals surface area (Å²) in [6, 6.07) is 7.53. The number of ether oxygens (including phenoxy) is 3. The second kappa shape index (κ2) is 7.23. The van der Waals surface area contributed by atoms with Gasteiger partial charge in [0, 0.05) is 18.5 Å². The van der Waals surface area contributed by atoms with Gasteiger partial charge in [0.05, 0.1) is 19.4 Å². The molecule has 5 nitrogen and oxygen atoms in total. The average Bonchev–Trinajstić information content (AvgIpc) is 2.88. The van der Waals surface area contributed by atoms with Crippen molar-refractivity contribution >= 4 is 11.3 Å². The second-order valence-electron chi connectivity index (χ2n) is 4.05. The first kappa shape index (κ1) is 14.8. The molecular formula is C14H18N2O3S. The first-order valence-corrected chi connectivity index (χ1v) is 7.02. The molecule has 0 aliphatic heterocycles. The number of para-hydroxylation sites is 2. The van der Waals surface area contributed by atoms with E-state index in [1.54, 1.807) is 25.6 Å². The third kappa shape index (κ3) is 3.47. The molecule has 0 radical (unpaired) electrons. The third-order valence-electron chi connectivity index (χ3n) is 2.71. The molecule has 0 saturated carbocycles. The molecule has 2 rings (SSSR count). The zero-order chi connectivity index (χ0) is 14.4. The highest BCUT2D eigenvalue weighted by Gasteiger charge is 2.11. The van der Waals surface area contributed by atoms with Crippen molar-refractivity contribution in [3.8, 4) is 11.5 Å². The molecule has 20 heavy (non-hydrogen) atoms. The highest BCUT2D eigenvalue weighted by atomic mass is 32.1. The summed E-state index contributed by atoms with van der Waals surface area (Å²) in [6.07, 6.45) is 0. The standard InChI is InChI=1S/C14H18N2O3S/c1-17-8-10-13(7-15)20-14(16-10)9-19-12-6-4-3-5-11(12)18-2/h3-6H,7-9,15H2,1-2H3. The zero-order valence-electron chi connectivity index (χ0n) is 11.6. The molecule has 0 saturated heterocycles. The van der Waals surface area contributed by atoms with Crippen molar-refractivity contribution in [2.24, 2.45) is 5.73 Å². The fraction of sp³-hybridized carbons (Fsp3) is 0.357. The van der Waals surface area contributed by atoms with E-state index in [1.807, 2.05) is 24.3 Å². The normalized spacial score (nSPS) is 10.6. The average molecular weight is 294 g/mol. The van der Waals surface area contributed by atoms with Crippen LogP contribution in [0.3, 0.4) is 0 Å². The zero-order valence-corrected chi connectivity index (χ0v) is 12.4. The fourth-order valence-electron chi connectivity index (χ4n) is 1.79. The van der Waals surface area contributed by atoms with E-state index in [1.165, 1.54) is 0 Å². The van der Waals surface area contributed by atoms with E-state index in [0.29, 0.717) is 31.3 Å². The van der Waals surface area contributed by atoms with Gasteiger partial charge in [0.1, 0.15) is 11.6 Å². The minimum Gasteiger partial charge on any atom is -0.493 e. The number of nitrogens with zero attached hydrogens (tertiary/aromatic N) is 1. The Morgan fingerprint density at radius 3 is 2.55 bits per heavy atom. The van der Waals surface area contributed by atoms with Crippen molar-refractivity contribution in [1.29, 1.82) is 0 Å². The van der Waals surface area contributed by atoms with E-state index >= 15 is 0 Å². The topological polar surface area (TPSA) is 66.6 Å². The number of hydrogen-bond donors (Lipinski definition) is 1. The molecule has 0 aliphatic carbocycles. The summed E-state index contributed by atoms with van der Waals surface area (Å²) in [5.41, 5.74) is 6.59. The molecule has 0 unspecified atom stereocenters. The van der Waals surface area contributed by atoms with Crippen LogP contribution in [0, 0.1) is 0 Å². The van der Waals surface area contributed by atoms with Crippen LogP contribution in [0.4, 0.5) is 0 Å². The lowest BCUT2D eigenvalue weighted by Crippen LogP contribution is -2.00. The fourth-order valence-corrected chi connectivity index (χ4v) is 2.65. The number of hydrogen-bond acceptors (Lipinski definition) is 6. The summed E-state index contributed by atoms with van der Waals surface area (Å²) < 4.78 is 16.1. The highest BCUT2D eigenvalue weighted by molar-refractivity contribution is 7.11. The molecule has 2 N–H and O–H groups in total. The third-order valence-corrected chi connectivity index (χ3v) is 3.80. The quantitative estimate of drug-likeness (QED) is 0.849. The SMILES string of the molecule is COCc1nc(COc2ccccc2OC)sc1CN. The van der Waals surface area contributed by atoms with Gasteiger partial charge in [-0.25, -0.2) is 4.98 Å². The molecule has 1 aromatic carbocycles. The molecule has 108 valence electrons. The molecular weight excluding hydrogens is 276 g/mol. The molecule has 1 heterocycles. The van der Waals surface area contributed by atoms with Gasteiger partial charge in [0.25, 0.3) is 0 Å². The van der Waals surface area contributed by atoms with Gasteiger partial charge in [-0.1, -0.05) is 12.1 Å². The Hall–Kier alpha value is -1.63. The van der Waals surface area contributed by atoms with Crippen molar-refractivity contribution < 1.29 is 14.2 Å². The maximum atomic E-state index is 5.75. The predicted octanol–water partition coefficient (Wildman–Crippen LogP) is 2.34. The van der Waals surface area contributed by atoms with Gasteiger partial charge in [-0.05, 0) is 12.1 Å². The van der Waals surface area contributed by atoms with Gasteiger partial charge in [0.15, 0.2) is 11.5 Å². The Balaban J connectivity index is 2.07. The van der Waals surface area contributed by atoms with Gasteiger partial charge < -0.3 is 19.9 Å². The molecule has 6 heteroatoms. The molecule has 0 spiro atoms. The first-order chi connectivity index (χ1) is 9.78. The predicted molar refractivity (Wildman–Crippen MR) is 78.0 cm³/mol. The van der Waals surface area contributed by atoms with E-state index < -0.39 is 0 Å². The summed E-state index contributed by atoms with van der Waals surface area (Å²) in [4.78, 5) is 5.52. The summed E-state index contributed by atoms with van der Waals surface area (Å²) in [6.45, 7) is 1.32. The molecule has 0 atom stereocenters. The van der Waals surface area contributed by atoms with Crippen LogP contribution >= 0.6 is 11.3 Å². The van der Waals surface area contributed by atoms with Crippen LogP contribution in [0.15, 0.2) is 24.3 Å². The Morgan fingerprint density at radius 2 is 1.90 bits per heavy atom. The first-order valence-electron chi connectivity index (χ1n) is 6.20. The van der Waals surface area contributed by atoms with Gasteiger partial charge in [-0.2, -0.15) is 0 Å². The van der Waals surface area contributed by atoms with Crippen LogP contribution < -0.4 is 15.2 Å². The summed E-state index contributed by atoms with van der Waals surface area (Å²) in [7, 11) is 3.26. The van der Waals surface area contributed by atoms with Crippen LogP contribution in [0.1, 0.15) is 15.6 Å². The number of methoxy groups -OCH3 is 2. The van der Waals surface area contributed by atoms with Gasteiger partial charge in [-0.15, -0.1) is 11.3 Å². The van der Waals surface area contributed by atoms with Gasteiger partial charge in [-0.3, -0.25) is 0 Å². The largest absolute Gasteiger partial charge is 0.493 e. The van der Waals surface area contributed by atoms with Gasteiger partial charge >= 0.3 is 0 Å². The monoisotopic (exact) mass is 294 g/mol. The molecule has 0 bridgehead atoms. The molecule has 0 fully saturated rings. The molecule has 0 amide bonds. The Morgan fingerprint density at radius 1 is 1.15 bits per heavy atom. The van der Waals surface area contributed by atoms with Gasteiger partial charge in [0.2, 0.25) is 0 Å². The number of nitrogens with two attached hydrogens (primary N) is 1. The summed E-state index contributed by atoms with van der Waals surface area (Å²) in [5.74, 6) is 1.41. The van der Waals surface area contributed by atoms with Crippen LogP contribution in [-0.4, -0.2) is 19.2 Å². The van der Waals surface area contributed by atoms with E-state index in [9.17, 15) is 0 Å². The number of rotatable bonds is 7. The van der Waals surface area contributed by atoms with E-state index in [4.69, 9.17) is 19.9 Å². The Labute approximate surface area is 122 Å². The Bertz CT molecular complexity index is 557. The van der Waals surface area contributed by atoms with E-state index in [0.717, 1.165) is 15.6 Å². The van der Waals surface area contributed by atoms with Crippen LogP contribution in [0.2, 0.25) is 0 Å². The van der Waals surface area contributed by atoms with Crippen molar-refractivity contribution in [1.82, 2.24) is 4.98 Å². The molecule has 2 aromatic rings. The Kier molecular flexibility index (Phi) is 5.34.